The topological polar surface area (TPSA) is 83.6 Å². The summed E-state index contributed by atoms with van der Waals surface area (Å²) in [5.41, 5.74) is 0.924. The molecule has 0 aliphatic carbocycles. The van der Waals surface area contributed by atoms with Crippen LogP contribution in [0, 0.1) is 0 Å². The monoisotopic (exact) mass is 316 g/mol. The van der Waals surface area contributed by atoms with Crippen LogP contribution in [-0.4, -0.2) is 20.1 Å². The van der Waals surface area contributed by atoms with E-state index in [2.05, 4.69) is 4.72 Å². The number of nitrogens with one attached hydrogen (secondary N) is 1. The lowest BCUT2D eigenvalue weighted by molar-refractivity contribution is -0.113. The van der Waals surface area contributed by atoms with Gasteiger partial charge in [-0.25, -0.2) is 0 Å². The molecule has 0 unspecified atom stereocenters. The van der Waals surface area contributed by atoms with Gasteiger partial charge in [0.2, 0.25) is 0 Å². The number of amides is 1. The van der Waals surface area contributed by atoms with E-state index in [1.165, 1.54) is 12.1 Å². The first-order chi connectivity index (χ1) is 10.5. The van der Waals surface area contributed by atoms with Crippen molar-refractivity contribution in [3.63, 3.8) is 0 Å². The summed E-state index contributed by atoms with van der Waals surface area (Å²) in [6.45, 7) is 0.0311. The van der Waals surface area contributed by atoms with Crippen molar-refractivity contribution in [2.24, 2.45) is 0 Å². The molecule has 0 saturated heterocycles. The number of anilines is 1. The SMILES string of the molecule is O=C1C(=O)N(S(=O)(=O)NCc2ccccc2)c2ccccc21. The van der Waals surface area contributed by atoms with E-state index in [1.807, 2.05) is 6.07 Å². The maximum atomic E-state index is 12.4. The zero-order chi connectivity index (χ0) is 15.7. The molecule has 2 aromatic rings. The smallest absolute Gasteiger partial charge is 0.283 e. The highest BCUT2D eigenvalue weighted by molar-refractivity contribution is 7.91. The number of ketones is 1. The second kappa shape index (κ2) is 5.36. The highest BCUT2D eigenvalue weighted by atomic mass is 32.2. The Morgan fingerprint density at radius 1 is 0.909 bits per heavy atom. The van der Waals surface area contributed by atoms with E-state index in [1.54, 1.807) is 36.4 Å². The van der Waals surface area contributed by atoms with Gasteiger partial charge < -0.3 is 0 Å². The maximum absolute atomic E-state index is 12.4. The van der Waals surface area contributed by atoms with Gasteiger partial charge in [0.25, 0.3) is 5.78 Å². The Bertz CT molecular complexity index is 847. The first-order valence-electron chi connectivity index (χ1n) is 6.52. The summed E-state index contributed by atoms with van der Waals surface area (Å²) in [5.74, 6) is -1.89. The highest BCUT2D eigenvalue weighted by Crippen LogP contribution is 2.30. The molecule has 112 valence electrons. The van der Waals surface area contributed by atoms with E-state index in [0.717, 1.165) is 5.56 Å². The molecule has 1 N–H and O–H groups in total. The van der Waals surface area contributed by atoms with Gasteiger partial charge in [0, 0.05) is 6.54 Å². The third kappa shape index (κ3) is 2.40. The van der Waals surface area contributed by atoms with Crippen molar-refractivity contribution in [2.75, 3.05) is 4.31 Å². The van der Waals surface area contributed by atoms with Crippen molar-refractivity contribution < 1.29 is 18.0 Å². The lowest BCUT2D eigenvalue weighted by Crippen LogP contribution is -2.43. The fraction of sp³-hybridized carbons (Fsp3) is 0.0667. The van der Waals surface area contributed by atoms with Crippen LogP contribution < -0.4 is 9.03 Å². The molecule has 1 aliphatic heterocycles. The molecule has 0 bridgehead atoms. The normalized spacial score (nSPS) is 14.3. The molecule has 0 atom stereocenters. The number of rotatable bonds is 4. The van der Waals surface area contributed by atoms with Gasteiger partial charge in [-0.15, -0.1) is 0 Å². The van der Waals surface area contributed by atoms with Crippen molar-refractivity contribution in [3.8, 4) is 0 Å². The van der Waals surface area contributed by atoms with E-state index in [-0.39, 0.29) is 17.8 Å². The highest BCUT2D eigenvalue weighted by Gasteiger charge is 2.42. The number of carbonyl (C=O) groups excluding carboxylic acids is 2. The van der Waals surface area contributed by atoms with Crippen LogP contribution in [0.1, 0.15) is 15.9 Å². The number of benzene rings is 2. The van der Waals surface area contributed by atoms with Gasteiger partial charge >= 0.3 is 16.1 Å². The molecule has 0 aromatic heterocycles. The molecule has 7 heteroatoms. The van der Waals surface area contributed by atoms with Gasteiger partial charge in [-0.05, 0) is 17.7 Å². The largest absolute Gasteiger partial charge is 0.314 e. The van der Waals surface area contributed by atoms with Crippen LogP contribution >= 0.6 is 0 Å². The lowest BCUT2D eigenvalue weighted by Gasteiger charge is -2.17. The molecule has 0 fully saturated rings. The van der Waals surface area contributed by atoms with Crippen molar-refractivity contribution in [3.05, 3.63) is 65.7 Å². The third-order valence-electron chi connectivity index (χ3n) is 3.29. The average molecular weight is 316 g/mol. The Balaban J connectivity index is 1.90. The van der Waals surface area contributed by atoms with Gasteiger partial charge in [-0.2, -0.15) is 17.4 Å². The Morgan fingerprint density at radius 2 is 1.55 bits per heavy atom. The fourth-order valence-corrected chi connectivity index (χ4v) is 3.43. The second-order valence-electron chi connectivity index (χ2n) is 4.73. The summed E-state index contributed by atoms with van der Waals surface area (Å²) in [4.78, 5) is 23.8. The van der Waals surface area contributed by atoms with E-state index in [0.29, 0.717) is 4.31 Å². The Labute approximate surface area is 127 Å². The van der Waals surface area contributed by atoms with Crippen molar-refractivity contribution in [1.29, 1.82) is 0 Å². The first kappa shape index (κ1) is 14.4. The molecular formula is C15H12N2O4S. The summed E-state index contributed by atoms with van der Waals surface area (Å²) >= 11 is 0. The van der Waals surface area contributed by atoms with Crippen LogP contribution in [0.3, 0.4) is 0 Å². The van der Waals surface area contributed by atoms with Crippen LogP contribution in [0.2, 0.25) is 0 Å². The molecule has 22 heavy (non-hydrogen) atoms. The van der Waals surface area contributed by atoms with Gasteiger partial charge in [-0.1, -0.05) is 42.5 Å². The first-order valence-corrected chi connectivity index (χ1v) is 7.96. The van der Waals surface area contributed by atoms with Gasteiger partial charge in [0.15, 0.2) is 0 Å². The van der Waals surface area contributed by atoms with Crippen LogP contribution in [0.4, 0.5) is 5.69 Å². The quantitative estimate of drug-likeness (QED) is 0.861. The van der Waals surface area contributed by atoms with Gasteiger partial charge in [0.1, 0.15) is 0 Å². The number of nitrogens with zero attached hydrogens (tertiary/aromatic N) is 1. The summed E-state index contributed by atoms with van der Waals surface area (Å²) in [6, 6.07) is 14.9. The number of fused-ring (bicyclic) bond motifs is 1. The van der Waals surface area contributed by atoms with E-state index in [4.69, 9.17) is 0 Å². The second-order valence-corrected chi connectivity index (χ2v) is 6.33. The predicted molar refractivity (Wildman–Crippen MR) is 80.5 cm³/mol. The Morgan fingerprint density at radius 3 is 2.27 bits per heavy atom. The summed E-state index contributed by atoms with van der Waals surface area (Å²) < 4.78 is 27.6. The van der Waals surface area contributed by atoms with Crippen molar-refractivity contribution in [1.82, 2.24) is 4.72 Å². The molecule has 0 saturated carbocycles. The molecule has 2 aromatic carbocycles. The minimum Gasteiger partial charge on any atom is -0.283 e. The third-order valence-corrected chi connectivity index (χ3v) is 4.64. The average Bonchev–Trinajstić information content (AvgIpc) is 2.79. The molecule has 1 aliphatic rings. The fourth-order valence-electron chi connectivity index (χ4n) is 2.23. The maximum Gasteiger partial charge on any atom is 0.314 e. The predicted octanol–water partition coefficient (Wildman–Crippen LogP) is 1.25. The zero-order valence-corrected chi connectivity index (χ0v) is 12.2. The number of Topliss-reactive ketones (excluding diaryl/α,β-unsaturated/α-hetero) is 1. The molecule has 3 rings (SSSR count). The van der Waals surface area contributed by atoms with Crippen LogP contribution in [0.25, 0.3) is 0 Å². The zero-order valence-electron chi connectivity index (χ0n) is 11.4. The number of carbonyl (C=O) groups is 2. The van der Waals surface area contributed by atoms with Crippen LogP contribution in [-0.2, 0) is 21.5 Å². The molecule has 1 amide bonds. The van der Waals surface area contributed by atoms with E-state index >= 15 is 0 Å². The van der Waals surface area contributed by atoms with E-state index < -0.39 is 21.9 Å². The molecule has 0 radical (unpaired) electrons. The van der Waals surface area contributed by atoms with Crippen molar-refractivity contribution in [2.45, 2.75) is 6.54 Å². The summed E-state index contributed by atoms with van der Waals surface area (Å²) in [5, 5.41) is 0. The molecule has 1 heterocycles. The number of hydrogen-bond donors (Lipinski definition) is 1. The van der Waals surface area contributed by atoms with Crippen LogP contribution in [0.15, 0.2) is 54.6 Å². The number of para-hydroxylation sites is 1. The van der Waals surface area contributed by atoms with Crippen LogP contribution in [0.5, 0.6) is 0 Å². The minimum atomic E-state index is -4.14. The van der Waals surface area contributed by atoms with Crippen molar-refractivity contribution >= 4 is 27.6 Å². The minimum absolute atomic E-state index is 0.0311. The molecule has 6 nitrogen and oxygen atoms in total. The summed E-state index contributed by atoms with van der Waals surface area (Å²) in [7, 11) is -4.14. The Hall–Kier alpha value is -2.51. The Kier molecular flexibility index (Phi) is 3.51. The van der Waals surface area contributed by atoms with Gasteiger partial charge in [0.05, 0.1) is 11.3 Å². The standard InChI is InChI=1S/C15H12N2O4S/c18-14-12-8-4-5-9-13(12)17(15(14)19)22(20,21)16-10-11-6-2-1-3-7-11/h1-9,16H,10H2. The lowest BCUT2D eigenvalue weighted by atomic mass is 10.1. The summed E-state index contributed by atoms with van der Waals surface area (Å²) in [6.07, 6.45) is 0. The van der Waals surface area contributed by atoms with E-state index in [9.17, 15) is 18.0 Å². The van der Waals surface area contributed by atoms with Gasteiger partial charge in [-0.3, -0.25) is 9.59 Å². The molecular weight excluding hydrogens is 304 g/mol. The molecule has 0 spiro atoms. The number of hydrogen-bond acceptors (Lipinski definition) is 4.